The Labute approximate surface area is 129 Å². The molecule has 1 aromatic carbocycles. The molecule has 112 valence electrons. The number of ether oxygens (including phenoxy) is 1. The number of rotatable bonds is 4. The molecule has 5 heteroatoms. The average Bonchev–Trinajstić information content (AvgIpc) is 2.85. The first kappa shape index (κ1) is 15.4. The van der Waals surface area contributed by atoms with Crippen molar-refractivity contribution in [3.05, 3.63) is 58.9 Å². The zero-order valence-electron chi connectivity index (χ0n) is 12.8. The molecule has 1 heterocycles. The Morgan fingerprint density at radius 3 is 2.27 bits per heavy atom. The molecule has 22 heavy (non-hydrogen) atoms. The molecule has 0 fully saturated rings. The number of hydrogen-bond donors (Lipinski definition) is 1. The lowest BCUT2D eigenvalue weighted by atomic mass is 10.1. The molecule has 0 aliphatic rings. The predicted molar refractivity (Wildman–Crippen MR) is 84.9 cm³/mol. The molecule has 0 saturated carbocycles. The zero-order valence-corrected chi connectivity index (χ0v) is 12.8. The Kier molecular flexibility index (Phi) is 4.64. The molecule has 0 aliphatic heterocycles. The summed E-state index contributed by atoms with van der Waals surface area (Å²) in [7, 11) is 1.58. The highest BCUT2D eigenvalue weighted by atomic mass is 16.5. The van der Waals surface area contributed by atoms with E-state index in [4.69, 9.17) is 4.74 Å². The molecule has 5 nitrogen and oxygen atoms in total. The van der Waals surface area contributed by atoms with Crippen molar-refractivity contribution >= 4 is 12.0 Å². The van der Waals surface area contributed by atoms with Gasteiger partial charge in [-0.05, 0) is 49.8 Å². The van der Waals surface area contributed by atoms with E-state index in [9.17, 15) is 10.1 Å². The summed E-state index contributed by atoms with van der Waals surface area (Å²) < 4.78 is 6.73. The lowest BCUT2D eigenvalue weighted by Gasteiger charge is -2.10. The lowest BCUT2D eigenvalue weighted by molar-refractivity contribution is -0.113. The van der Waals surface area contributed by atoms with E-state index >= 15 is 0 Å². The Balaban J connectivity index is 2.21. The zero-order chi connectivity index (χ0) is 16.1. The van der Waals surface area contributed by atoms with Crippen LogP contribution in [-0.2, 0) is 4.79 Å². The second-order valence-electron chi connectivity index (χ2n) is 4.84. The number of nitrogens with one attached hydrogen (secondary N) is 1. The third-order valence-corrected chi connectivity index (χ3v) is 3.28. The number of carbonyl (C=O) groups excluding carboxylic acids is 1. The van der Waals surface area contributed by atoms with Gasteiger partial charge in [-0.25, -0.2) is 0 Å². The molecular weight excluding hydrogens is 278 g/mol. The van der Waals surface area contributed by atoms with Crippen molar-refractivity contribution in [3.63, 3.8) is 0 Å². The van der Waals surface area contributed by atoms with Gasteiger partial charge in [0.15, 0.2) is 0 Å². The van der Waals surface area contributed by atoms with Gasteiger partial charge >= 0.3 is 0 Å². The van der Waals surface area contributed by atoms with Crippen molar-refractivity contribution in [1.82, 2.24) is 4.68 Å². The van der Waals surface area contributed by atoms with Crippen LogP contribution in [0.4, 0.5) is 0 Å². The van der Waals surface area contributed by atoms with E-state index in [0.29, 0.717) is 0 Å². The minimum absolute atomic E-state index is 0.0395. The highest BCUT2D eigenvalue weighted by Crippen LogP contribution is 2.14. The van der Waals surface area contributed by atoms with Gasteiger partial charge in [0, 0.05) is 11.4 Å². The lowest BCUT2D eigenvalue weighted by Crippen LogP contribution is -2.25. The Morgan fingerprint density at radius 1 is 1.18 bits per heavy atom. The van der Waals surface area contributed by atoms with Crippen LogP contribution in [0.1, 0.15) is 17.0 Å². The van der Waals surface area contributed by atoms with Gasteiger partial charge in [-0.3, -0.25) is 14.9 Å². The van der Waals surface area contributed by atoms with Crippen LogP contribution >= 0.6 is 0 Å². The third kappa shape index (κ3) is 3.36. The standard InChI is InChI=1S/C17H17N3O2/c1-12-4-5-13(2)20(12)19-17(21)15(11-18)10-14-6-8-16(22-3)9-7-14/h4-10H,1-3H3,(H,19,21)/b15-10-. The largest absolute Gasteiger partial charge is 0.497 e. The van der Waals surface area contributed by atoms with Crippen molar-refractivity contribution in [3.8, 4) is 11.8 Å². The average molecular weight is 295 g/mol. The van der Waals surface area contributed by atoms with E-state index in [2.05, 4.69) is 5.43 Å². The van der Waals surface area contributed by atoms with Crippen LogP contribution in [0.3, 0.4) is 0 Å². The maximum absolute atomic E-state index is 12.2. The van der Waals surface area contributed by atoms with Crippen LogP contribution < -0.4 is 10.2 Å². The van der Waals surface area contributed by atoms with Crippen LogP contribution in [-0.4, -0.2) is 17.7 Å². The third-order valence-electron chi connectivity index (χ3n) is 3.28. The molecule has 2 aromatic rings. The summed E-state index contributed by atoms with van der Waals surface area (Å²) in [6.45, 7) is 3.76. The van der Waals surface area contributed by atoms with Crippen LogP contribution in [0.25, 0.3) is 6.08 Å². The highest BCUT2D eigenvalue weighted by molar-refractivity contribution is 6.06. The van der Waals surface area contributed by atoms with Gasteiger partial charge in [-0.2, -0.15) is 5.26 Å². The van der Waals surface area contributed by atoms with Gasteiger partial charge in [-0.1, -0.05) is 12.1 Å². The number of amides is 1. The number of carbonyl (C=O) groups is 1. The monoisotopic (exact) mass is 295 g/mol. The highest BCUT2D eigenvalue weighted by Gasteiger charge is 2.11. The summed E-state index contributed by atoms with van der Waals surface area (Å²) in [5.41, 5.74) is 5.30. The fraction of sp³-hybridized carbons (Fsp3) is 0.176. The molecular formula is C17H17N3O2. The summed E-state index contributed by atoms with van der Waals surface area (Å²) in [5.74, 6) is 0.277. The molecule has 0 saturated heterocycles. The van der Waals surface area contributed by atoms with E-state index in [1.807, 2.05) is 32.0 Å². The fourth-order valence-electron chi connectivity index (χ4n) is 2.02. The number of hydrogen-bond acceptors (Lipinski definition) is 3. The summed E-state index contributed by atoms with van der Waals surface area (Å²) >= 11 is 0. The normalized spacial score (nSPS) is 10.9. The predicted octanol–water partition coefficient (Wildman–Crippen LogP) is 2.79. The molecule has 1 aromatic heterocycles. The number of nitrogens with zero attached hydrogens (tertiary/aromatic N) is 2. The quantitative estimate of drug-likeness (QED) is 0.696. The van der Waals surface area contributed by atoms with E-state index in [1.54, 1.807) is 42.1 Å². The van der Waals surface area contributed by atoms with Crippen LogP contribution in [0.2, 0.25) is 0 Å². The molecule has 0 atom stereocenters. The molecule has 0 aliphatic carbocycles. The summed E-state index contributed by atoms with van der Waals surface area (Å²) in [5, 5.41) is 9.21. The van der Waals surface area contributed by atoms with E-state index in [-0.39, 0.29) is 5.57 Å². The first-order valence-corrected chi connectivity index (χ1v) is 6.77. The van der Waals surface area contributed by atoms with Crippen molar-refractivity contribution in [2.24, 2.45) is 0 Å². The Morgan fingerprint density at radius 2 is 1.77 bits per heavy atom. The Bertz CT molecular complexity index is 730. The van der Waals surface area contributed by atoms with Gasteiger partial charge in [-0.15, -0.1) is 0 Å². The summed E-state index contributed by atoms with van der Waals surface area (Å²) in [6, 6.07) is 12.9. The van der Waals surface area contributed by atoms with E-state index in [1.165, 1.54) is 0 Å². The van der Waals surface area contributed by atoms with Crippen molar-refractivity contribution in [2.75, 3.05) is 12.5 Å². The number of aryl methyl sites for hydroxylation is 2. The molecule has 0 spiro atoms. The Hall–Kier alpha value is -3.00. The van der Waals surface area contributed by atoms with Crippen molar-refractivity contribution in [2.45, 2.75) is 13.8 Å². The van der Waals surface area contributed by atoms with Crippen molar-refractivity contribution < 1.29 is 9.53 Å². The molecule has 0 bridgehead atoms. The van der Waals surface area contributed by atoms with Gasteiger partial charge in [0.2, 0.25) is 0 Å². The van der Waals surface area contributed by atoms with E-state index < -0.39 is 5.91 Å². The van der Waals surface area contributed by atoms with E-state index in [0.717, 1.165) is 22.7 Å². The van der Waals surface area contributed by atoms with Gasteiger partial charge in [0.05, 0.1) is 7.11 Å². The number of aromatic nitrogens is 1. The van der Waals surface area contributed by atoms with Gasteiger partial charge in [0.1, 0.15) is 17.4 Å². The number of methoxy groups -OCH3 is 1. The second-order valence-corrected chi connectivity index (χ2v) is 4.84. The molecule has 2 rings (SSSR count). The first-order chi connectivity index (χ1) is 10.5. The molecule has 0 unspecified atom stereocenters. The molecule has 1 N–H and O–H groups in total. The maximum atomic E-state index is 12.2. The fourth-order valence-corrected chi connectivity index (χ4v) is 2.02. The number of nitriles is 1. The number of benzene rings is 1. The van der Waals surface area contributed by atoms with Crippen LogP contribution in [0.15, 0.2) is 42.0 Å². The van der Waals surface area contributed by atoms with Crippen LogP contribution in [0, 0.1) is 25.2 Å². The minimum Gasteiger partial charge on any atom is -0.497 e. The minimum atomic E-state index is -0.444. The van der Waals surface area contributed by atoms with Gasteiger partial charge in [0.25, 0.3) is 5.91 Å². The maximum Gasteiger partial charge on any atom is 0.280 e. The first-order valence-electron chi connectivity index (χ1n) is 6.77. The smallest absolute Gasteiger partial charge is 0.280 e. The summed E-state index contributed by atoms with van der Waals surface area (Å²) in [6.07, 6.45) is 1.54. The second kappa shape index (κ2) is 6.64. The summed E-state index contributed by atoms with van der Waals surface area (Å²) in [4.78, 5) is 12.2. The van der Waals surface area contributed by atoms with Crippen molar-refractivity contribution in [1.29, 1.82) is 5.26 Å². The SMILES string of the molecule is COc1ccc(/C=C(/C#N)C(=O)Nn2c(C)ccc2C)cc1. The van der Waals surface area contributed by atoms with Gasteiger partial charge < -0.3 is 4.74 Å². The molecule has 0 radical (unpaired) electrons. The van der Waals surface area contributed by atoms with Crippen LogP contribution in [0.5, 0.6) is 5.75 Å². The topological polar surface area (TPSA) is 67.0 Å². The molecule has 1 amide bonds.